The average Bonchev–Trinajstić information content (AvgIpc) is 2.72. The van der Waals surface area contributed by atoms with E-state index in [0.717, 1.165) is 17.3 Å². The predicted octanol–water partition coefficient (Wildman–Crippen LogP) is 0.864. The van der Waals surface area contributed by atoms with E-state index < -0.39 is 0 Å². The lowest BCUT2D eigenvalue weighted by molar-refractivity contribution is 0.720. The van der Waals surface area contributed by atoms with Gasteiger partial charge in [-0.15, -0.1) is 0 Å². The van der Waals surface area contributed by atoms with Gasteiger partial charge in [-0.1, -0.05) is 0 Å². The minimum Gasteiger partial charge on any atom is -0.372 e. The van der Waals surface area contributed by atoms with E-state index in [1.54, 1.807) is 18.6 Å². The highest BCUT2D eigenvalue weighted by atomic mass is 15.3. The summed E-state index contributed by atoms with van der Waals surface area (Å²) in [7, 11) is 3.72. The molecule has 2 aromatic rings. The van der Waals surface area contributed by atoms with Crippen LogP contribution in [0.2, 0.25) is 0 Å². The summed E-state index contributed by atoms with van der Waals surface area (Å²) >= 11 is 0. The van der Waals surface area contributed by atoms with Gasteiger partial charge in [0.05, 0.1) is 24.6 Å². The van der Waals surface area contributed by atoms with Crippen LogP contribution >= 0.6 is 0 Å². The van der Waals surface area contributed by atoms with Gasteiger partial charge in [0, 0.05) is 20.3 Å². The summed E-state index contributed by atoms with van der Waals surface area (Å²) < 4.78 is 1.82. The van der Waals surface area contributed by atoms with E-state index in [2.05, 4.69) is 25.7 Å². The molecule has 16 heavy (non-hydrogen) atoms. The second-order valence-electron chi connectivity index (χ2n) is 3.34. The molecule has 0 fully saturated rings. The van der Waals surface area contributed by atoms with Gasteiger partial charge in [-0.25, -0.2) is 4.98 Å². The average molecular weight is 218 g/mol. The molecule has 0 radical (unpaired) electrons. The molecule has 0 saturated carbocycles. The number of nitrogens with zero attached hydrogens (tertiary/aromatic N) is 4. The van der Waals surface area contributed by atoms with Crippen molar-refractivity contribution in [2.75, 3.05) is 17.7 Å². The quantitative estimate of drug-likeness (QED) is 0.796. The predicted molar refractivity (Wildman–Crippen MR) is 62.1 cm³/mol. The SMILES string of the molecule is CNc1cncc(NCc2ccnn2C)n1. The van der Waals surface area contributed by atoms with Crippen molar-refractivity contribution in [2.24, 2.45) is 7.05 Å². The van der Waals surface area contributed by atoms with Crippen molar-refractivity contribution in [3.63, 3.8) is 0 Å². The molecule has 84 valence electrons. The zero-order valence-electron chi connectivity index (χ0n) is 9.31. The number of aryl methyl sites for hydroxylation is 1. The molecule has 0 saturated heterocycles. The number of hydrogen-bond acceptors (Lipinski definition) is 5. The minimum atomic E-state index is 0.679. The van der Waals surface area contributed by atoms with Crippen LogP contribution in [0.5, 0.6) is 0 Å². The summed E-state index contributed by atoms with van der Waals surface area (Å²) in [5, 5.41) is 10.2. The van der Waals surface area contributed by atoms with Crippen LogP contribution in [0.3, 0.4) is 0 Å². The lowest BCUT2D eigenvalue weighted by atomic mass is 10.4. The van der Waals surface area contributed by atoms with Gasteiger partial charge in [0.15, 0.2) is 0 Å². The Morgan fingerprint density at radius 1 is 1.31 bits per heavy atom. The Kier molecular flexibility index (Phi) is 3.00. The molecule has 0 aromatic carbocycles. The van der Waals surface area contributed by atoms with E-state index in [9.17, 15) is 0 Å². The largest absolute Gasteiger partial charge is 0.372 e. The summed E-state index contributed by atoms with van der Waals surface area (Å²) in [5.41, 5.74) is 1.09. The molecule has 2 aromatic heterocycles. The fourth-order valence-corrected chi connectivity index (χ4v) is 1.33. The molecule has 6 nitrogen and oxygen atoms in total. The highest BCUT2D eigenvalue weighted by Gasteiger charge is 2.00. The first-order chi connectivity index (χ1) is 7.79. The Balaban J connectivity index is 2.02. The van der Waals surface area contributed by atoms with Gasteiger partial charge in [0.2, 0.25) is 0 Å². The first kappa shape index (κ1) is 10.4. The summed E-state index contributed by atoms with van der Waals surface area (Å²) in [6, 6.07) is 1.96. The lowest BCUT2D eigenvalue weighted by Crippen LogP contribution is -2.07. The minimum absolute atomic E-state index is 0.679. The maximum atomic E-state index is 4.31. The molecule has 0 unspecified atom stereocenters. The van der Waals surface area contributed by atoms with E-state index in [1.165, 1.54) is 0 Å². The Morgan fingerprint density at radius 2 is 2.12 bits per heavy atom. The molecular formula is C10H14N6. The van der Waals surface area contributed by atoms with Crippen LogP contribution in [-0.4, -0.2) is 26.8 Å². The number of aromatic nitrogens is 4. The van der Waals surface area contributed by atoms with Crippen LogP contribution in [-0.2, 0) is 13.6 Å². The van der Waals surface area contributed by atoms with Crippen LogP contribution in [0.1, 0.15) is 5.69 Å². The van der Waals surface area contributed by atoms with Crippen molar-refractivity contribution in [2.45, 2.75) is 6.54 Å². The Hall–Kier alpha value is -2.11. The number of nitrogens with one attached hydrogen (secondary N) is 2. The smallest absolute Gasteiger partial charge is 0.147 e. The molecule has 0 aliphatic carbocycles. The van der Waals surface area contributed by atoms with Gasteiger partial charge in [0.25, 0.3) is 0 Å². The van der Waals surface area contributed by atoms with Crippen molar-refractivity contribution in [1.82, 2.24) is 19.7 Å². The third kappa shape index (κ3) is 2.28. The fraction of sp³-hybridized carbons (Fsp3) is 0.300. The van der Waals surface area contributed by atoms with Gasteiger partial charge in [0.1, 0.15) is 11.6 Å². The van der Waals surface area contributed by atoms with Crippen molar-refractivity contribution < 1.29 is 0 Å². The first-order valence-corrected chi connectivity index (χ1v) is 5.00. The number of rotatable bonds is 4. The monoisotopic (exact) mass is 218 g/mol. The van der Waals surface area contributed by atoms with Gasteiger partial charge in [-0.3, -0.25) is 9.67 Å². The topological polar surface area (TPSA) is 67.7 Å². The second-order valence-corrected chi connectivity index (χ2v) is 3.34. The summed E-state index contributed by atoms with van der Waals surface area (Å²) in [5.74, 6) is 1.49. The highest BCUT2D eigenvalue weighted by Crippen LogP contribution is 2.07. The number of hydrogen-bond donors (Lipinski definition) is 2. The van der Waals surface area contributed by atoms with Crippen molar-refractivity contribution in [3.05, 3.63) is 30.4 Å². The normalized spacial score (nSPS) is 10.1. The van der Waals surface area contributed by atoms with Crippen LogP contribution in [0.4, 0.5) is 11.6 Å². The van der Waals surface area contributed by atoms with Crippen LogP contribution < -0.4 is 10.6 Å². The van der Waals surface area contributed by atoms with Crippen molar-refractivity contribution in [3.8, 4) is 0 Å². The molecule has 2 heterocycles. The first-order valence-electron chi connectivity index (χ1n) is 5.00. The van der Waals surface area contributed by atoms with E-state index in [0.29, 0.717) is 6.54 Å². The summed E-state index contributed by atoms with van der Waals surface area (Å²) in [6.07, 6.45) is 5.14. The standard InChI is InChI=1S/C10H14N6/c1-11-9-6-12-7-10(15-9)13-5-8-3-4-14-16(8)2/h3-4,6-7H,5H2,1-2H3,(H2,11,13,15). The molecule has 2 rings (SSSR count). The zero-order chi connectivity index (χ0) is 11.4. The maximum absolute atomic E-state index is 4.31. The third-order valence-electron chi connectivity index (χ3n) is 2.26. The molecule has 0 amide bonds. The third-order valence-corrected chi connectivity index (χ3v) is 2.26. The highest BCUT2D eigenvalue weighted by molar-refractivity contribution is 5.41. The molecule has 2 N–H and O–H groups in total. The van der Waals surface area contributed by atoms with Gasteiger partial charge in [-0.2, -0.15) is 5.10 Å². The molecular weight excluding hydrogens is 204 g/mol. The van der Waals surface area contributed by atoms with Crippen molar-refractivity contribution in [1.29, 1.82) is 0 Å². The zero-order valence-corrected chi connectivity index (χ0v) is 9.31. The van der Waals surface area contributed by atoms with E-state index >= 15 is 0 Å². The van der Waals surface area contributed by atoms with Gasteiger partial charge in [-0.05, 0) is 6.07 Å². The summed E-state index contributed by atoms with van der Waals surface area (Å²) in [4.78, 5) is 8.37. The number of anilines is 2. The van der Waals surface area contributed by atoms with E-state index in [1.807, 2.05) is 24.8 Å². The van der Waals surface area contributed by atoms with Crippen LogP contribution in [0.25, 0.3) is 0 Å². The van der Waals surface area contributed by atoms with Gasteiger partial charge >= 0.3 is 0 Å². The molecule has 0 aliphatic rings. The van der Waals surface area contributed by atoms with E-state index in [-0.39, 0.29) is 0 Å². The van der Waals surface area contributed by atoms with Crippen LogP contribution in [0.15, 0.2) is 24.7 Å². The molecule has 6 heteroatoms. The van der Waals surface area contributed by atoms with Crippen LogP contribution in [0, 0.1) is 0 Å². The fourth-order valence-electron chi connectivity index (χ4n) is 1.33. The lowest BCUT2D eigenvalue weighted by Gasteiger charge is -2.06. The Labute approximate surface area is 93.7 Å². The maximum Gasteiger partial charge on any atom is 0.147 e. The van der Waals surface area contributed by atoms with Crippen molar-refractivity contribution >= 4 is 11.6 Å². The molecule has 0 bridgehead atoms. The van der Waals surface area contributed by atoms with E-state index in [4.69, 9.17) is 0 Å². The summed E-state index contributed by atoms with van der Waals surface area (Å²) in [6.45, 7) is 0.679. The molecule has 0 spiro atoms. The molecule has 0 aliphatic heterocycles. The van der Waals surface area contributed by atoms with Gasteiger partial charge < -0.3 is 10.6 Å². The second kappa shape index (κ2) is 4.61. The Morgan fingerprint density at radius 3 is 2.81 bits per heavy atom. The Bertz CT molecular complexity index is 464. The molecule has 0 atom stereocenters.